The van der Waals surface area contributed by atoms with Crippen molar-refractivity contribution in [3.63, 3.8) is 0 Å². The van der Waals surface area contributed by atoms with Crippen LogP contribution in [0.1, 0.15) is 21.5 Å². The van der Waals surface area contributed by atoms with Gasteiger partial charge >= 0.3 is 0 Å². The summed E-state index contributed by atoms with van der Waals surface area (Å²) >= 11 is 7.98. The number of carbonyl (C=O) groups excluding carboxylic acids is 1. The SMILES string of the molecule is CSc1nccc(-c2cc(Cl)c3c(c2)CC(CNC(=O)c2ccccc2C)O3)n1. The first-order chi connectivity index (χ1) is 14.0. The smallest absolute Gasteiger partial charge is 0.251 e. The summed E-state index contributed by atoms with van der Waals surface area (Å²) in [4.78, 5) is 21.2. The highest BCUT2D eigenvalue weighted by Crippen LogP contribution is 2.39. The van der Waals surface area contributed by atoms with Crippen LogP contribution in [0.5, 0.6) is 5.75 Å². The summed E-state index contributed by atoms with van der Waals surface area (Å²) in [5, 5.41) is 4.23. The highest BCUT2D eigenvalue weighted by Gasteiger charge is 2.27. The second-order valence-electron chi connectivity index (χ2n) is 6.84. The summed E-state index contributed by atoms with van der Waals surface area (Å²) < 4.78 is 6.01. The van der Waals surface area contributed by atoms with E-state index in [1.54, 1.807) is 6.20 Å². The van der Waals surface area contributed by atoms with Crippen LogP contribution in [-0.2, 0) is 6.42 Å². The summed E-state index contributed by atoms with van der Waals surface area (Å²) in [7, 11) is 0. The van der Waals surface area contributed by atoms with E-state index in [1.807, 2.05) is 49.6 Å². The summed E-state index contributed by atoms with van der Waals surface area (Å²) in [6, 6.07) is 13.3. The minimum Gasteiger partial charge on any atom is -0.486 e. The van der Waals surface area contributed by atoms with Gasteiger partial charge < -0.3 is 10.1 Å². The van der Waals surface area contributed by atoms with Crippen molar-refractivity contribution >= 4 is 29.3 Å². The van der Waals surface area contributed by atoms with Gasteiger partial charge in [-0.25, -0.2) is 9.97 Å². The number of hydrogen-bond donors (Lipinski definition) is 1. The molecule has 0 spiro atoms. The maximum atomic E-state index is 12.5. The number of nitrogens with one attached hydrogen (secondary N) is 1. The maximum Gasteiger partial charge on any atom is 0.251 e. The maximum absolute atomic E-state index is 12.5. The molecule has 1 aromatic heterocycles. The third kappa shape index (κ3) is 4.23. The lowest BCUT2D eigenvalue weighted by atomic mass is 10.0. The first-order valence-corrected chi connectivity index (χ1v) is 10.9. The predicted molar refractivity (Wildman–Crippen MR) is 116 cm³/mol. The van der Waals surface area contributed by atoms with Gasteiger partial charge in [0.2, 0.25) is 0 Å². The molecule has 0 saturated heterocycles. The molecule has 5 nitrogen and oxygen atoms in total. The van der Waals surface area contributed by atoms with Crippen LogP contribution in [0.4, 0.5) is 0 Å². The molecule has 1 atom stereocenters. The standard InChI is InChI=1S/C22H20ClN3O2S/c1-13-5-3-4-6-17(13)21(27)25-12-16-10-15-9-14(11-18(23)20(15)28-16)19-7-8-24-22(26-19)29-2/h3-9,11,16H,10,12H2,1-2H3,(H,25,27). The van der Waals surface area contributed by atoms with Crippen LogP contribution in [0, 0.1) is 6.92 Å². The van der Waals surface area contributed by atoms with Crippen molar-refractivity contribution in [3.05, 3.63) is 70.4 Å². The average molecular weight is 426 g/mol. The molecule has 0 bridgehead atoms. The van der Waals surface area contributed by atoms with Gasteiger partial charge in [-0.1, -0.05) is 41.6 Å². The van der Waals surface area contributed by atoms with E-state index in [1.165, 1.54) is 11.8 Å². The highest BCUT2D eigenvalue weighted by molar-refractivity contribution is 7.98. The van der Waals surface area contributed by atoms with Crippen molar-refractivity contribution in [1.82, 2.24) is 15.3 Å². The molecular weight excluding hydrogens is 406 g/mol. The molecule has 29 heavy (non-hydrogen) atoms. The lowest BCUT2D eigenvalue weighted by Crippen LogP contribution is -2.34. The van der Waals surface area contributed by atoms with E-state index in [9.17, 15) is 4.79 Å². The number of thioether (sulfide) groups is 1. The molecule has 1 aliphatic rings. The van der Waals surface area contributed by atoms with Gasteiger partial charge in [-0.3, -0.25) is 4.79 Å². The van der Waals surface area contributed by atoms with Gasteiger partial charge in [-0.15, -0.1) is 0 Å². The molecule has 148 valence electrons. The van der Waals surface area contributed by atoms with Crippen molar-refractivity contribution in [2.75, 3.05) is 12.8 Å². The molecule has 0 radical (unpaired) electrons. The van der Waals surface area contributed by atoms with Crippen LogP contribution in [0.25, 0.3) is 11.3 Å². The molecular formula is C22H20ClN3O2S. The summed E-state index contributed by atoms with van der Waals surface area (Å²) in [5.41, 5.74) is 4.40. The van der Waals surface area contributed by atoms with Crippen LogP contribution in [-0.4, -0.2) is 34.8 Å². The van der Waals surface area contributed by atoms with Crippen molar-refractivity contribution in [2.24, 2.45) is 0 Å². The van der Waals surface area contributed by atoms with E-state index in [0.29, 0.717) is 34.5 Å². The molecule has 0 aliphatic carbocycles. The second-order valence-corrected chi connectivity index (χ2v) is 8.02. The Bertz CT molecular complexity index is 1070. The largest absolute Gasteiger partial charge is 0.486 e. The van der Waals surface area contributed by atoms with Crippen LogP contribution < -0.4 is 10.1 Å². The predicted octanol–water partition coefficient (Wildman–Crippen LogP) is 4.56. The molecule has 7 heteroatoms. The minimum absolute atomic E-state index is 0.0972. The fourth-order valence-corrected chi connectivity index (χ4v) is 4.02. The zero-order chi connectivity index (χ0) is 20.4. The number of rotatable bonds is 5. The molecule has 0 saturated carbocycles. The van der Waals surface area contributed by atoms with E-state index in [2.05, 4.69) is 21.4 Å². The Morgan fingerprint density at radius 2 is 2.14 bits per heavy atom. The number of nitrogens with zero attached hydrogens (tertiary/aromatic N) is 2. The second kappa shape index (κ2) is 8.43. The molecule has 1 N–H and O–H groups in total. The van der Waals surface area contributed by atoms with Gasteiger partial charge in [0, 0.05) is 29.3 Å². The van der Waals surface area contributed by atoms with Crippen LogP contribution >= 0.6 is 23.4 Å². The monoisotopic (exact) mass is 425 g/mol. The van der Waals surface area contributed by atoms with Gasteiger partial charge in [-0.05, 0) is 43.0 Å². The van der Waals surface area contributed by atoms with Gasteiger partial charge in [0.1, 0.15) is 11.9 Å². The van der Waals surface area contributed by atoms with Gasteiger partial charge in [0.05, 0.1) is 17.3 Å². The molecule has 1 aliphatic heterocycles. The number of fused-ring (bicyclic) bond motifs is 1. The number of aromatic nitrogens is 2. The third-order valence-electron chi connectivity index (χ3n) is 4.84. The van der Waals surface area contributed by atoms with Crippen LogP contribution in [0.2, 0.25) is 5.02 Å². The van der Waals surface area contributed by atoms with Gasteiger partial charge in [0.25, 0.3) is 5.91 Å². The fraction of sp³-hybridized carbons (Fsp3) is 0.227. The summed E-state index contributed by atoms with van der Waals surface area (Å²) in [5.74, 6) is 0.588. The summed E-state index contributed by atoms with van der Waals surface area (Å²) in [6.07, 6.45) is 4.21. The number of halogens is 1. The first-order valence-electron chi connectivity index (χ1n) is 9.25. The van der Waals surface area contributed by atoms with E-state index < -0.39 is 0 Å². The number of amides is 1. The normalized spacial score (nSPS) is 14.9. The number of hydrogen-bond acceptors (Lipinski definition) is 5. The minimum atomic E-state index is -0.155. The van der Waals surface area contributed by atoms with E-state index >= 15 is 0 Å². The highest BCUT2D eigenvalue weighted by atomic mass is 35.5. The van der Waals surface area contributed by atoms with Crippen LogP contribution in [0.15, 0.2) is 53.8 Å². The van der Waals surface area contributed by atoms with Crippen molar-refractivity contribution in [3.8, 4) is 17.0 Å². The molecule has 1 amide bonds. The topological polar surface area (TPSA) is 64.1 Å². The molecule has 3 aromatic rings. The first kappa shape index (κ1) is 19.7. The fourth-order valence-electron chi connectivity index (χ4n) is 3.38. The van der Waals surface area contributed by atoms with Gasteiger partial charge in [0.15, 0.2) is 5.16 Å². The Labute approximate surface area is 178 Å². The van der Waals surface area contributed by atoms with Gasteiger partial charge in [-0.2, -0.15) is 0 Å². The van der Waals surface area contributed by atoms with Crippen molar-refractivity contribution in [2.45, 2.75) is 24.6 Å². The third-order valence-corrected chi connectivity index (χ3v) is 5.69. The molecule has 0 fully saturated rings. The average Bonchev–Trinajstić information content (AvgIpc) is 3.16. The quantitative estimate of drug-likeness (QED) is 0.479. The lowest BCUT2D eigenvalue weighted by Gasteiger charge is -2.13. The number of benzene rings is 2. The molecule has 1 unspecified atom stereocenters. The lowest BCUT2D eigenvalue weighted by molar-refractivity contribution is 0.0933. The van der Waals surface area contributed by atoms with Crippen molar-refractivity contribution in [1.29, 1.82) is 0 Å². The molecule has 4 rings (SSSR count). The number of carbonyl (C=O) groups is 1. The number of aryl methyl sites for hydroxylation is 1. The van der Waals surface area contributed by atoms with Crippen molar-refractivity contribution < 1.29 is 9.53 Å². The summed E-state index contributed by atoms with van der Waals surface area (Å²) in [6.45, 7) is 2.34. The van der Waals surface area contributed by atoms with Crippen LogP contribution in [0.3, 0.4) is 0 Å². The van der Waals surface area contributed by atoms with E-state index in [4.69, 9.17) is 16.3 Å². The Morgan fingerprint density at radius 3 is 2.93 bits per heavy atom. The Balaban J connectivity index is 1.47. The number of ether oxygens (including phenoxy) is 1. The zero-order valence-electron chi connectivity index (χ0n) is 16.1. The Hall–Kier alpha value is -2.57. The molecule has 2 aromatic carbocycles. The molecule has 2 heterocycles. The Morgan fingerprint density at radius 1 is 1.31 bits per heavy atom. The Kier molecular flexibility index (Phi) is 5.74. The van der Waals surface area contributed by atoms with E-state index in [-0.39, 0.29) is 12.0 Å². The van der Waals surface area contributed by atoms with E-state index in [0.717, 1.165) is 22.4 Å². The zero-order valence-corrected chi connectivity index (χ0v) is 17.7.